The monoisotopic (exact) mass is 410 g/mol. The molecule has 3 aromatic carbocycles. The van der Waals surface area contributed by atoms with E-state index in [1.54, 1.807) is 12.1 Å². The highest BCUT2D eigenvalue weighted by Gasteiger charge is 2.20. The van der Waals surface area contributed by atoms with Gasteiger partial charge in [-0.15, -0.1) is 0 Å². The third-order valence-electron chi connectivity index (χ3n) is 4.37. The summed E-state index contributed by atoms with van der Waals surface area (Å²) >= 11 is 12.4. The molecule has 0 spiro atoms. The Morgan fingerprint density at radius 3 is 2.50 bits per heavy atom. The molecule has 0 N–H and O–H groups in total. The van der Waals surface area contributed by atoms with Crippen LogP contribution in [0.2, 0.25) is 10.0 Å². The SMILES string of the molecule is Cc1cccc(COc2c(-c3ccccc3)oc3c(Cl)cc(Cl)cc3c2=O)c1. The Morgan fingerprint density at radius 2 is 1.75 bits per heavy atom. The number of benzene rings is 3. The van der Waals surface area contributed by atoms with Gasteiger partial charge in [-0.3, -0.25) is 4.79 Å². The molecule has 4 aromatic rings. The Kier molecular flexibility index (Phi) is 5.12. The highest BCUT2D eigenvalue weighted by molar-refractivity contribution is 6.38. The number of hydrogen-bond acceptors (Lipinski definition) is 3. The van der Waals surface area contributed by atoms with Crippen LogP contribution in [0.15, 0.2) is 75.9 Å². The van der Waals surface area contributed by atoms with Gasteiger partial charge in [0.25, 0.3) is 0 Å². The first-order valence-corrected chi connectivity index (χ1v) is 9.48. The van der Waals surface area contributed by atoms with Gasteiger partial charge in [-0.2, -0.15) is 0 Å². The van der Waals surface area contributed by atoms with Crippen molar-refractivity contribution in [3.8, 4) is 17.1 Å². The van der Waals surface area contributed by atoms with Crippen molar-refractivity contribution in [2.24, 2.45) is 0 Å². The molecule has 0 saturated heterocycles. The molecule has 0 amide bonds. The fourth-order valence-electron chi connectivity index (χ4n) is 3.07. The molecule has 0 aliphatic heterocycles. The predicted octanol–water partition coefficient (Wildman–Crippen LogP) is 6.65. The van der Waals surface area contributed by atoms with E-state index in [9.17, 15) is 4.79 Å². The van der Waals surface area contributed by atoms with Crippen molar-refractivity contribution < 1.29 is 9.15 Å². The van der Waals surface area contributed by atoms with Gasteiger partial charge in [0, 0.05) is 10.6 Å². The Morgan fingerprint density at radius 1 is 0.964 bits per heavy atom. The molecule has 1 heterocycles. The Hall–Kier alpha value is -2.75. The molecule has 3 nitrogen and oxygen atoms in total. The summed E-state index contributed by atoms with van der Waals surface area (Å²) in [6.07, 6.45) is 0. The van der Waals surface area contributed by atoms with E-state index in [1.165, 1.54) is 0 Å². The van der Waals surface area contributed by atoms with Crippen LogP contribution in [-0.4, -0.2) is 0 Å². The molecule has 0 bridgehead atoms. The second-order valence-electron chi connectivity index (χ2n) is 6.50. The molecule has 0 saturated carbocycles. The highest BCUT2D eigenvalue weighted by Crippen LogP contribution is 2.35. The van der Waals surface area contributed by atoms with Crippen LogP contribution in [0.1, 0.15) is 11.1 Å². The fraction of sp³-hybridized carbons (Fsp3) is 0.0870. The van der Waals surface area contributed by atoms with Crippen LogP contribution in [-0.2, 0) is 6.61 Å². The van der Waals surface area contributed by atoms with Crippen molar-refractivity contribution in [3.63, 3.8) is 0 Å². The zero-order valence-corrected chi connectivity index (χ0v) is 16.6. The van der Waals surface area contributed by atoms with Gasteiger partial charge < -0.3 is 9.15 Å². The second kappa shape index (κ2) is 7.70. The lowest BCUT2D eigenvalue weighted by molar-refractivity contribution is 0.298. The first kappa shape index (κ1) is 18.6. The number of fused-ring (bicyclic) bond motifs is 1. The quantitative estimate of drug-likeness (QED) is 0.377. The summed E-state index contributed by atoms with van der Waals surface area (Å²) in [4.78, 5) is 13.2. The van der Waals surface area contributed by atoms with Gasteiger partial charge in [0.2, 0.25) is 11.2 Å². The van der Waals surface area contributed by atoms with Crippen LogP contribution in [0.5, 0.6) is 5.75 Å². The highest BCUT2D eigenvalue weighted by atomic mass is 35.5. The minimum atomic E-state index is -0.308. The van der Waals surface area contributed by atoms with E-state index in [2.05, 4.69) is 0 Å². The van der Waals surface area contributed by atoms with Crippen LogP contribution < -0.4 is 10.2 Å². The minimum absolute atomic E-state index is 0.138. The maximum atomic E-state index is 13.2. The van der Waals surface area contributed by atoms with Crippen molar-refractivity contribution in [1.29, 1.82) is 0 Å². The Bertz CT molecular complexity index is 1210. The number of aryl methyl sites for hydroxylation is 1. The van der Waals surface area contributed by atoms with E-state index < -0.39 is 0 Å². The zero-order chi connectivity index (χ0) is 19.7. The van der Waals surface area contributed by atoms with E-state index in [0.717, 1.165) is 16.7 Å². The minimum Gasteiger partial charge on any atom is -0.481 e. The first-order chi connectivity index (χ1) is 13.5. The lowest BCUT2D eigenvalue weighted by atomic mass is 10.1. The molecule has 28 heavy (non-hydrogen) atoms. The first-order valence-electron chi connectivity index (χ1n) is 8.72. The fourth-order valence-corrected chi connectivity index (χ4v) is 3.61. The van der Waals surface area contributed by atoms with Crippen molar-refractivity contribution >= 4 is 34.2 Å². The van der Waals surface area contributed by atoms with Gasteiger partial charge in [-0.1, -0.05) is 83.4 Å². The van der Waals surface area contributed by atoms with Gasteiger partial charge in [-0.05, 0) is 24.6 Å². The van der Waals surface area contributed by atoms with Gasteiger partial charge in [-0.25, -0.2) is 0 Å². The summed E-state index contributed by atoms with van der Waals surface area (Å²) in [6, 6.07) is 20.4. The van der Waals surface area contributed by atoms with Crippen LogP contribution >= 0.6 is 23.2 Å². The van der Waals surface area contributed by atoms with E-state index >= 15 is 0 Å². The summed E-state index contributed by atoms with van der Waals surface area (Å²) in [6.45, 7) is 2.25. The van der Waals surface area contributed by atoms with Crippen molar-refractivity contribution in [3.05, 3.63) is 98.1 Å². The van der Waals surface area contributed by atoms with Crippen molar-refractivity contribution in [2.75, 3.05) is 0 Å². The van der Waals surface area contributed by atoms with Crippen molar-refractivity contribution in [2.45, 2.75) is 13.5 Å². The second-order valence-corrected chi connectivity index (χ2v) is 7.34. The molecular weight excluding hydrogens is 395 g/mol. The van der Waals surface area contributed by atoms with Gasteiger partial charge in [0.05, 0.1) is 10.4 Å². The summed E-state index contributed by atoms with van der Waals surface area (Å²) in [5.74, 6) is 0.480. The molecule has 4 rings (SSSR count). The summed E-state index contributed by atoms with van der Waals surface area (Å²) in [5.41, 5.74) is 2.79. The third kappa shape index (κ3) is 3.64. The smallest absolute Gasteiger partial charge is 0.235 e. The maximum absolute atomic E-state index is 13.2. The van der Waals surface area contributed by atoms with Gasteiger partial charge in [0.15, 0.2) is 11.3 Å². The molecule has 1 aromatic heterocycles. The normalized spacial score (nSPS) is 11.0. The molecule has 5 heteroatoms. The van der Waals surface area contributed by atoms with Crippen LogP contribution in [0, 0.1) is 6.92 Å². The number of ether oxygens (including phenoxy) is 1. The molecule has 0 radical (unpaired) electrons. The third-order valence-corrected chi connectivity index (χ3v) is 4.87. The molecule has 0 fully saturated rings. The topological polar surface area (TPSA) is 39.4 Å². The van der Waals surface area contributed by atoms with Crippen LogP contribution in [0.4, 0.5) is 0 Å². The summed E-state index contributed by atoms with van der Waals surface area (Å²) in [7, 11) is 0. The average Bonchev–Trinajstić information content (AvgIpc) is 2.68. The standard InChI is InChI=1S/C23H16Cl2O3/c1-14-6-5-7-15(10-14)13-27-23-20(26)18-11-17(24)12-19(25)22(18)28-21(23)16-8-3-2-4-9-16/h2-12H,13H2,1H3. The molecule has 140 valence electrons. The summed E-state index contributed by atoms with van der Waals surface area (Å²) in [5, 5.41) is 0.931. The zero-order valence-electron chi connectivity index (χ0n) is 15.0. The molecule has 0 unspecified atom stereocenters. The number of hydrogen-bond donors (Lipinski definition) is 0. The molecular formula is C23H16Cl2O3. The average molecular weight is 411 g/mol. The van der Waals surface area contributed by atoms with Gasteiger partial charge in [0.1, 0.15) is 6.61 Å². The lowest BCUT2D eigenvalue weighted by Gasteiger charge is -2.13. The van der Waals surface area contributed by atoms with Crippen LogP contribution in [0.25, 0.3) is 22.3 Å². The van der Waals surface area contributed by atoms with E-state index in [4.69, 9.17) is 32.4 Å². The number of halogens is 2. The van der Waals surface area contributed by atoms with E-state index in [1.807, 2.05) is 61.5 Å². The molecule has 0 aliphatic rings. The Labute approximate surface area is 172 Å². The molecule has 0 aliphatic carbocycles. The maximum Gasteiger partial charge on any atom is 0.235 e. The predicted molar refractivity (Wildman–Crippen MR) is 113 cm³/mol. The van der Waals surface area contributed by atoms with Crippen LogP contribution in [0.3, 0.4) is 0 Å². The van der Waals surface area contributed by atoms with E-state index in [-0.39, 0.29) is 33.8 Å². The summed E-state index contributed by atoms with van der Waals surface area (Å²) < 4.78 is 12.0. The lowest BCUT2D eigenvalue weighted by Crippen LogP contribution is -2.10. The Balaban J connectivity index is 1.89. The largest absolute Gasteiger partial charge is 0.481 e. The van der Waals surface area contributed by atoms with Gasteiger partial charge >= 0.3 is 0 Å². The molecule has 0 atom stereocenters. The van der Waals surface area contributed by atoms with E-state index in [0.29, 0.717) is 10.8 Å². The van der Waals surface area contributed by atoms with Crippen molar-refractivity contribution in [1.82, 2.24) is 0 Å². The number of rotatable bonds is 4.